The van der Waals surface area contributed by atoms with Crippen LogP contribution in [-0.4, -0.2) is 80.0 Å². The first-order valence-electron chi connectivity index (χ1n) is 12.5. The fourth-order valence-corrected chi connectivity index (χ4v) is 5.37. The van der Waals surface area contributed by atoms with Crippen LogP contribution in [0.15, 0.2) is 23.0 Å². The number of allylic oxidation sites excluding steroid dienone is 3. The van der Waals surface area contributed by atoms with Gasteiger partial charge in [0.05, 0.1) is 30.2 Å². The standard InChI is InChI=1S/C26H44N2O4/c1-19(2)15-27-16-23(17-30-6)32-26(18-27)10-12-28(13-11-26)25(29)22-8-7-9-24(21(5)14-22)31-20(3)4/h14,19-20,23H,7-13,15-18H2,1-6H3. The van der Waals surface area contributed by atoms with Gasteiger partial charge in [0.15, 0.2) is 0 Å². The molecular weight excluding hydrogens is 404 g/mol. The van der Waals surface area contributed by atoms with Gasteiger partial charge in [-0.25, -0.2) is 0 Å². The van der Waals surface area contributed by atoms with Gasteiger partial charge < -0.3 is 19.1 Å². The van der Waals surface area contributed by atoms with E-state index in [9.17, 15) is 4.79 Å². The Morgan fingerprint density at radius 2 is 1.94 bits per heavy atom. The van der Waals surface area contributed by atoms with Crippen LogP contribution in [0.5, 0.6) is 0 Å². The molecule has 2 heterocycles. The Kier molecular flexibility index (Phi) is 8.82. The molecule has 1 spiro atoms. The molecule has 32 heavy (non-hydrogen) atoms. The number of morpholine rings is 1. The number of nitrogens with zero attached hydrogens (tertiary/aromatic N) is 2. The van der Waals surface area contributed by atoms with Gasteiger partial charge in [-0.05, 0) is 64.0 Å². The van der Waals surface area contributed by atoms with Crippen molar-refractivity contribution in [3.63, 3.8) is 0 Å². The van der Waals surface area contributed by atoms with Crippen LogP contribution in [0.25, 0.3) is 0 Å². The quantitative estimate of drug-likeness (QED) is 0.585. The number of ether oxygens (including phenoxy) is 3. The molecule has 2 aliphatic heterocycles. The molecule has 1 atom stereocenters. The molecule has 0 aromatic heterocycles. The maximum Gasteiger partial charge on any atom is 0.249 e. The maximum atomic E-state index is 13.4. The molecule has 0 radical (unpaired) electrons. The van der Waals surface area contributed by atoms with E-state index in [2.05, 4.69) is 45.6 Å². The van der Waals surface area contributed by atoms with E-state index in [1.165, 1.54) is 0 Å². The molecular formula is C26H44N2O4. The summed E-state index contributed by atoms with van der Waals surface area (Å²) < 4.78 is 18.0. The average Bonchev–Trinajstić information content (AvgIpc) is 2.89. The van der Waals surface area contributed by atoms with Gasteiger partial charge >= 0.3 is 0 Å². The van der Waals surface area contributed by atoms with Crippen molar-refractivity contribution in [2.75, 3.05) is 46.4 Å². The number of piperidine rings is 1. The lowest BCUT2D eigenvalue weighted by Gasteiger charge is -2.50. The van der Waals surface area contributed by atoms with E-state index < -0.39 is 0 Å². The highest BCUT2D eigenvalue weighted by atomic mass is 16.5. The molecule has 182 valence electrons. The molecule has 6 heteroatoms. The highest BCUT2D eigenvalue weighted by Gasteiger charge is 2.44. The third kappa shape index (κ3) is 6.58. The van der Waals surface area contributed by atoms with Crippen molar-refractivity contribution in [3.8, 4) is 0 Å². The lowest BCUT2D eigenvalue weighted by atomic mass is 9.87. The highest BCUT2D eigenvalue weighted by Crippen LogP contribution is 2.34. The molecule has 3 aliphatic rings. The Morgan fingerprint density at radius 1 is 1.22 bits per heavy atom. The van der Waals surface area contributed by atoms with Crippen molar-refractivity contribution in [2.24, 2.45) is 5.92 Å². The van der Waals surface area contributed by atoms with Gasteiger partial charge in [0.1, 0.15) is 0 Å². The van der Waals surface area contributed by atoms with Crippen molar-refractivity contribution in [1.82, 2.24) is 9.80 Å². The van der Waals surface area contributed by atoms with Crippen molar-refractivity contribution >= 4 is 5.91 Å². The summed E-state index contributed by atoms with van der Waals surface area (Å²) >= 11 is 0. The van der Waals surface area contributed by atoms with Crippen molar-refractivity contribution in [2.45, 2.75) is 84.5 Å². The summed E-state index contributed by atoms with van der Waals surface area (Å²) in [6, 6.07) is 0. The number of hydrogen-bond acceptors (Lipinski definition) is 5. The van der Waals surface area contributed by atoms with Crippen LogP contribution < -0.4 is 0 Å². The third-order valence-corrected chi connectivity index (χ3v) is 6.66. The lowest BCUT2D eigenvalue weighted by Crippen LogP contribution is -2.61. The summed E-state index contributed by atoms with van der Waals surface area (Å²) in [6.07, 6.45) is 6.78. The topological polar surface area (TPSA) is 51.2 Å². The average molecular weight is 449 g/mol. The van der Waals surface area contributed by atoms with Gasteiger partial charge in [0, 0.05) is 51.8 Å². The van der Waals surface area contributed by atoms with Crippen molar-refractivity contribution in [1.29, 1.82) is 0 Å². The van der Waals surface area contributed by atoms with E-state index in [4.69, 9.17) is 14.2 Å². The second-order valence-electron chi connectivity index (χ2n) is 10.6. The fourth-order valence-electron chi connectivity index (χ4n) is 5.37. The summed E-state index contributed by atoms with van der Waals surface area (Å²) in [7, 11) is 1.74. The molecule has 1 unspecified atom stereocenters. The summed E-state index contributed by atoms with van der Waals surface area (Å²) in [6.45, 7) is 15.8. The summed E-state index contributed by atoms with van der Waals surface area (Å²) in [5.74, 6) is 1.84. The van der Waals surface area contributed by atoms with E-state index in [1.54, 1.807) is 7.11 Å². The Morgan fingerprint density at radius 3 is 2.56 bits per heavy atom. The van der Waals surface area contributed by atoms with Gasteiger partial charge in [-0.15, -0.1) is 0 Å². The zero-order valence-electron chi connectivity index (χ0n) is 21.1. The number of methoxy groups -OCH3 is 1. The van der Waals surface area contributed by atoms with E-state index in [0.717, 1.165) is 81.7 Å². The zero-order chi connectivity index (χ0) is 23.3. The molecule has 0 saturated carbocycles. The molecule has 2 fully saturated rings. The molecule has 2 saturated heterocycles. The van der Waals surface area contributed by atoms with Gasteiger partial charge in [-0.2, -0.15) is 0 Å². The monoisotopic (exact) mass is 448 g/mol. The summed E-state index contributed by atoms with van der Waals surface area (Å²) in [5, 5.41) is 0. The molecule has 0 bridgehead atoms. The predicted octanol–water partition coefficient (Wildman–Crippen LogP) is 4.16. The molecule has 1 amide bonds. The minimum atomic E-state index is -0.168. The first kappa shape index (κ1) is 25.3. The van der Waals surface area contributed by atoms with Gasteiger partial charge in [0.2, 0.25) is 5.91 Å². The van der Waals surface area contributed by atoms with Gasteiger partial charge in [-0.1, -0.05) is 13.8 Å². The predicted molar refractivity (Wildman–Crippen MR) is 127 cm³/mol. The first-order valence-corrected chi connectivity index (χ1v) is 12.5. The number of carbonyl (C=O) groups is 1. The second-order valence-corrected chi connectivity index (χ2v) is 10.6. The van der Waals surface area contributed by atoms with Crippen molar-refractivity contribution < 1.29 is 19.0 Å². The van der Waals surface area contributed by atoms with Crippen LogP contribution >= 0.6 is 0 Å². The Labute approximate surface area is 194 Å². The van der Waals surface area contributed by atoms with Crippen LogP contribution in [0.4, 0.5) is 0 Å². The largest absolute Gasteiger partial charge is 0.495 e. The van der Waals surface area contributed by atoms with Crippen LogP contribution in [-0.2, 0) is 19.0 Å². The van der Waals surface area contributed by atoms with E-state index in [-0.39, 0.29) is 23.7 Å². The van der Waals surface area contributed by atoms with E-state index >= 15 is 0 Å². The molecule has 6 nitrogen and oxygen atoms in total. The van der Waals surface area contributed by atoms with Crippen LogP contribution in [0.1, 0.15) is 66.7 Å². The number of rotatable bonds is 7. The van der Waals surface area contributed by atoms with Gasteiger partial charge in [0.25, 0.3) is 0 Å². The van der Waals surface area contributed by atoms with E-state index in [0.29, 0.717) is 12.5 Å². The normalized spacial score (nSPS) is 24.8. The SMILES string of the molecule is COCC1CN(CC(C)C)CC2(CCN(C(=O)C3=CC(C)=C(OC(C)C)CCC3)CC2)O1. The molecule has 1 aliphatic carbocycles. The first-order chi connectivity index (χ1) is 15.2. The fraction of sp³-hybridized carbons (Fsp3) is 0.808. The number of likely N-dealkylation sites (tertiary alicyclic amines) is 1. The smallest absolute Gasteiger partial charge is 0.249 e. The van der Waals surface area contributed by atoms with Crippen LogP contribution in [0.2, 0.25) is 0 Å². The maximum absolute atomic E-state index is 13.4. The second kappa shape index (κ2) is 11.2. The molecule has 0 aromatic carbocycles. The minimum Gasteiger partial charge on any atom is -0.495 e. The third-order valence-electron chi connectivity index (χ3n) is 6.66. The Hall–Kier alpha value is -1.37. The summed E-state index contributed by atoms with van der Waals surface area (Å²) in [5.41, 5.74) is 1.85. The number of hydrogen-bond donors (Lipinski definition) is 0. The van der Waals surface area contributed by atoms with E-state index in [1.807, 2.05) is 4.90 Å². The molecule has 3 rings (SSSR count). The Bertz CT molecular complexity index is 705. The lowest BCUT2D eigenvalue weighted by molar-refractivity contribution is -0.189. The number of carbonyl (C=O) groups excluding carboxylic acids is 1. The zero-order valence-corrected chi connectivity index (χ0v) is 21.1. The van der Waals surface area contributed by atoms with Crippen LogP contribution in [0.3, 0.4) is 0 Å². The van der Waals surface area contributed by atoms with Crippen molar-refractivity contribution in [3.05, 3.63) is 23.0 Å². The Balaban J connectivity index is 1.65. The molecule has 0 aromatic rings. The number of amides is 1. The van der Waals surface area contributed by atoms with Gasteiger partial charge in [-0.3, -0.25) is 9.69 Å². The molecule has 0 N–H and O–H groups in total. The summed E-state index contributed by atoms with van der Waals surface area (Å²) in [4.78, 5) is 17.9. The highest BCUT2D eigenvalue weighted by molar-refractivity contribution is 5.94. The minimum absolute atomic E-state index is 0.103. The van der Waals surface area contributed by atoms with Crippen LogP contribution in [0, 0.1) is 5.92 Å².